The van der Waals surface area contributed by atoms with E-state index in [0.717, 1.165) is 82.7 Å². The van der Waals surface area contributed by atoms with Gasteiger partial charge in [-0.2, -0.15) is 0 Å². The summed E-state index contributed by atoms with van der Waals surface area (Å²) in [6, 6.07) is 19.5. The summed E-state index contributed by atoms with van der Waals surface area (Å²) in [7, 11) is 1.64. The van der Waals surface area contributed by atoms with Crippen molar-refractivity contribution >= 4 is 16.9 Å². The molecule has 6 rings (SSSR count). The minimum atomic E-state index is -0.00311. The largest absolute Gasteiger partial charge is 0.481 e. The summed E-state index contributed by atoms with van der Waals surface area (Å²) in [5.74, 6) is 2.21. The third-order valence-corrected chi connectivity index (χ3v) is 9.41. The number of benzene rings is 2. The van der Waals surface area contributed by atoms with Crippen LogP contribution in [0.5, 0.6) is 5.88 Å². The van der Waals surface area contributed by atoms with E-state index in [4.69, 9.17) is 4.74 Å². The number of fused-ring (bicyclic) bond motifs is 1. The lowest BCUT2D eigenvalue weighted by Crippen LogP contribution is -2.48. The van der Waals surface area contributed by atoms with Crippen molar-refractivity contribution in [2.45, 2.75) is 58.0 Å². The van der Waals surface area contributed by atoms with E-state index in [0.29, 0.717) is 23.5 Å². The van der Waals surface area contributed by atoms with Crippen LogP contribution in [0.25, 0.3) is 11.0 Å². The number of nitrogens with zero attached hydrogens (tertiary/aromatic N) is 5. The molecule has 8 heteroatoms. The first-order valence-corrected chi connectivity index (χ1v) is 15.8. The van der Waals surface area contributed by atoms with Crippen LogP contribution in [-0.4, -0.2) is 81.9 Å². The third kappa shape index (κ3) is 6.92. The predicted octanol–water partition coefficient (Wildman–Crippen LogP) is 5.82. The molecule has 2 fully saturated rings. The Bertz CT molecular complexity index is 1500. The minimum Gasteiger partial charge on any atom is -0.481 e. The number of aromatic nitrogens is 3. The standard InChI is InChI=1S/C35H44N6O2/c1-4-25(2)28-8-5-26(6-9-28)23-40-17-19-41(20-18-40)35(42)34-37-31-11-10-30(21-32(31)38-34)29-13-15-39(16-14-29)24-27-7-12-33(43-3)36-22-27/h5-12,21-22,25,29H,4,13-20,23-24H2,1-3H3,(H,37,38). The molecular formula is C35H44N6O2. The second-order valence-electron chi connectivity index (χ2n) is 12.2. The normalized spacial score (nSPS) is 17.8. The van der Waals surface area contributed by atoms with Gasteiger partial charge in [-0.3, -0.25) is 14.6 Å². The van der Waals surface area contributed by atoms with Crippen molar-refractivity contribution in [1.82, 2.24) is 29.7 Å². The number of piperazine rings is 1. The number of rotatable bonds is 9. The molecule has 4 heterocycles. The van der Waals surface area contributed by atoms with Crippen LogP contribution in [0.4, 0.5) is 0 Å². The third-order valence-electron chi connectivity index (χ3n) is 9.41. The van der Waals surface area contributed by atoms with E-state index in [1.807, 2.05) is 17.2 Å². The molecular weight excluding hydrogens is 536 g/mol. The number of hydrogen-bond donors (Lipinski definition) is 1. The average Bonchev–Trinajstić information content (AvgIpc) is 3.49. The fraction of sp³-hybridized carbons (Fsp3) is 0.457. The number of nitrogens with one attached hydrogen (secondary N) is 1. The molecule has 1 unspecified atom stereocenters. The maximum absolute atomic E-state index is 13.4. The van der Waals surface area contributed by atoms with E-state index in [-0.39, 0.29) is 5.91 Å². The van der Waals surface area contributed by atoms with Gasteiger partial charge in [-0.15, -0.1) is 0 Å². The van der Waals surface area contributed by atoms with Crippen molar-refractivity contribution in [1.29, 1.82) is 0 Å². The van der Waals surface area contributed by atoms with Crippen molar-refractivity contribution in [2.75, 3.05) is 46.4 Å². The average molecular weight is 581 g/mol. The van der Waals surface area contributed by atoms with Crippen molar-refractivity contribution in [3.63, 3.8) is 0 Å². The molecule has 8 nitrogen and oxygen atoms in total. The Morgan fingerprint density at radius 1 is 0.930 bits per heavy atom. The van der Waals surface area contributed by atoms with Gasteiger partial charge in [0.15, 0.2) is 5.82 Å². The number of aromatic amines is 1. The zero-order valence-corrected chi connectivity index (χ0v) is 25.8. The van der Waals surface area contributed by atoms with E-state index in [9.17, 15) is 4.79 Å². The summed E-state index contributed by atoms with van der Waals surface area (Å²) in [6.45, 7) is 11.6. The van der Waals surface area contributed by atoms with Gasteiger partial charge in [0.1, 0.15) is 0 Å². The van der Waals surface area contributed by atoms with Crippen molar-refractivity contribution in [3.05, 3.63) is 88.9 Å². The van der Waals surface area contributed by atoms with Crippen LogP contribution in [0.1, 0.15) is 77.8 Å². The maximum Gasteiger partial charge on any atom is 0.289 e. The number of carbonyl (C=O) groups excluding carboxylic acids is 1. The van der Waals surface area contributed by atoms with Crippen LogP contribution in [0, 0.1) is 0 Å². The first-order valence-electron chi connectivity index (χ1n) is 15.8. The maximum atomic E-state index is 13.4. The Kier molecular flexibility index (Phi) is 9.05. The van der Waals surface area contributed by atoms with Crippen LogP contribution >= 0.6 is 0 Å². The monoisotopic (exact) mass is 580 g/mol. The molecule has 0 aliphatic carbocycles. The number of amides is 1. The molecule has 0 saturated carbocycles. The first kappa shape index (κ1) is 29.3. The predicted molar refractivity (Wildman–Crippen MR) is 170 cm³/mol. The molecule has 1 amide bonds. The molecule has 1 atom stereocenters. The first-order chi connectivity index (χ1) is 21.0. The quantitative estimate of drug-likeness (QED) is 0.269. The van der Waals surface area contributed by atoms with E-state index in [1.165, 1.54) is 22.3 Å². The zero-order valence-electron chi connectivity index (χ0n) is 25.8. The fourth-order valence-corrected chi connectivity index (χ4v) is 6.39. The highest BCUT2D eigenvalue weighted by Crippen LogP contribution is 2.30. The molecule has 1 N–H and O–H groups in total. The van der Waals surface area contributed by atoms with Gasteiger partial charge in [0, 0.05) is 51.5 Å². The highest BCUT2D eigenvalue weighted by Gasteiger charge is 2.25. The number of hydrogen-bond acceptors (Lipinski definition) is 6. The van der Waals surface area contributed by atoms with Crippen LogP contribution in [0.15, 0.2) is 60.8 Å². The van der Waals surface area contributed by atoms with Gasteiger partial charge < -0.3 is 14.6 Å². The Labute approximate surface area is 255 Å². The van der Waals surface area contributed by atoms with Crippen LogP contribution in [0.3, 0.4) is 0 Å². The van der Waals surface area contributed by atoms with E-state index >= 15 is 0 Å². The van der Waals surface area contributed by atoms with Crippen molar-refractivity contribution in [2.24, 2.45) is 0 Å². The lowest BCUT2D eigenvalue weighted by molar-refractivity contribution is 0.0618. The summed E-state index contributed by atoms with van der Waals surface area (Å²) >= 11 is 0. The number of imidazole rings is 1. The highest BCUT2D eigenvalue weighted by atomic mass is 16.5. The molecule has 2 aliphatic heterocycles. The Hall–Kier alpha value is -3.75. The Morgan fingerprint density at radius 2 is 1.63 bits per heavy atom. The van der Waals surface area contributed by atoms with Gasteiger partial charge >= 0.3 is 0 Å². The van der Waals surface area contributed by atoms with Gasteiger partial charge in [0.05, 0.1) is 18.1 Å². The lowest BCUT2D eigenvalue weighted by Gasteiger charge is -2.34. The smallest absolute Gasteiger partial charge is 0.289 e. The number of methoxy groups -OCH3 is 1. The van der Waals surface area contributed by atoms with Crippen LogP contribution < -0.4 is 4.74 Å². The number of H-pyrrole nitrogens is 1. The molecule has 4 aromatic rings. The van der Waals surface area contributed by atoms with Crippen molar-refractivity contribution < 1.29 is 9.53 Å². The molecule has 2 aromatic heterocycles. The summed E-state index contributed by atoms with van der Waals surface area (Å²) in [5.41, 5.74) is 7.09. The zero-order chi connectivity index (χ0) is 29.8. The number of carbonyl (C=O) groups is 1. The van der Waals surface area contributed by atoms with Gasteiger partial charge in [-0.05, 0) is 78.6 Å². The fourth-order valence-electron chi connectivity index (χ4n) is 6.39. The van der Waals surface area contributed by atoms with Gasteiger partial charge in [0.2, 0.25) is 5.88 Å². The summed E-state index contributed by atoms with van der Waals surface area (Å²) < 4.78 is 5.18. The van der Waals surface area contributed by atoms with Crippen LogP contribution in [-0.2, 0) is 13.1 Å². The molecule has 2 aliphatic rings. The molecule has 0 bridgehead atoms. The van der Waals surface area contributed by atoms with Crippen LogP contribution in [0.2, 0.25) is 0 Å². The molecule has 0 spiro atoms. The number of pyridine rings is 1. The number of piperidine rings is 1. The van der Waals surface area contributed by atoms with Gasteiger partial charge in [-0.25, -0.2) is 9.97 Å². The number of likely N-dealkylation sites (tertiary alicyclic amines) is 1. The summed E-state index contributed by atoms with van der Waals surface area (Å²) in [4.78, 5) is 32.6. The molecule has 226 valence electrons. The van der Waals surface area contributed by atoms with Crippen molar-refractivity contribution in [3.8, 4) is 5.88 Å². The second kappa shape index (κ2) is 13.3. The second-order valence-corrected chi connectivity index (χ2v) is 12.2. The molecule has 2 aromatic carbocycles. The van der Waals surface area contributed by atoms with Gasteiger partial charge in [-0.1, -0.05) is 50.2 Å². The lowest BCUT2D eigenvalue weighted by atomic mass is 9.89. The molecule has 43 heavy (non-hydrogen) atoms. The van der Waals surface area contributed by atoms with E-state index in [1.54, 1.807) is 7.11 Å². The Morgan fingerprint density at radius 3 is 2.30 bits per heavy atom. The van der Waals surface area contributed by atoms with E-state index < -0.39 is 0 Å². The summed E-state index contributed by atoms with van der Waals surface area (Å²) in [6.07, 6.45) is 5.29. The van der Waals surface area contributed by atoms with E-state index in [2.05, 4.69) is 87.1 Å². The SMILES string of the molecule is CCC(C)c1ccc(CN2CCN(C(=O)c3nc4ccc(C5CCN(Cc6ccc(OC)nc6)CC5)cc4[nH]3)CC2)cc1. The number of ether oxygens (including phenoxy) is 1. The summed E-state index contributed by atoms with van der Waals surface area (Å²) in [5, 5.41) is 0. The molecule has 2 saturated heterocycles. The topological polar surface area (TPSA) is 77.6 Å². The minimum absolute atomic E-state index is 0.00311. The molecule has 0 radical (unpaired) electrons. The Balaban J connectivity index is 1.01. The highest BCUT2D eigenvalue weighted by molar-refractivity contribution is 5.94. The van der Waals surface area contributed by atoms with Gasteiger partial charge in [0.25, 0.3) is 5.91 Å².